The maximum atomic E-state index is 10.1. The van der Waals surface area contributed by atoms with Gasteiger partial charge < -0.3 is 16.6 Å². The number of allylic oxidation sites excluding steroid dienone is 1. The number of aliphatic carboxylic acids is 1. The van der Waals surface area contributed by atoms with Crippen LogP contribution in [0, 0.1) is 0 Å². The summed E-state index contributed by atoms with van der Waals surface area (Å²) in [6.07, 6.45) is 2.86. The van der Waals surface area contributed by atoms with Gasteiger partial charge in [0.05, 0.1) is 0 Å². The van der Waals surface area contributed by atoms with Crippen LogP contribution < -0.4 is 11.5 Å². The van der Waals surface area contributed by atoms with Gasteiger partial charge in [-0.25, -0.2) is 4.79 Å². The van der Waals surface area contributed by atoms with Crippen LogP contribution in [0.15, 0.2) is 24.8 Å². The van der Waals surface area contributed by atoms with Crippen molar-refractivity contribution < 1.29 is 9.90 Å². The second-order valence-electron chi connectivity index (χ2n) is 2.31. The topological polar surface area (TPSA) is 89.3 Å². The minimum Gasteiger partial charge on any atom is -0.478 e. The van der Waals surface area contributed by atoms with E-state index in [1.54, 1.807) is 6.08 Å². The van der Waals surface area contributed by atoms with E-state index in [1.807, 2.05) is 0 Å². The maximum Gasteiger partial charge on any atom is 0.330 e. The summed E-state index contributed by atoms with van der Waals surface area (Å²) in [5.41, 5.74) is 10.1. The molecule has 4 heteroatoms. The van der Waals surface area contributed by atoms with Gasteiger partial charge in [0.2, 0.25) is 0 Å². The average molecular weight is 186 g/mol. The molecule has 0 saturated heterocycles. The lowest BCUT2D eigenvalue weighted by molar-refractivity contribution is -0.132. The molecular weight excluding hydrogens is 168 g/mol. The number of carboxylic acid groups (broad SMARTS) is 1. The molecule has 0 radical (unpaired) electrons. The van der Waals surface area contributed by atoms with Gasteiger partial charge in [-0.05, 0) is 12.8 Å². The minimum atomic E-state index is -0.920. The Bertz CT molecular complexity index is 165. The van der Waals surface area contributed by atoms with Gasteiger partial charge in [-0.2, -0.15) is 0 Å². The SMILES string of the molecule is C=CCCC(=C)C(=O)O.NCCN. The van der Waals surface area contributed by atoms with Crippen molar-refractivity contribution in [2.45, 2.75) is 12.8 Å². The molecule has 0 bridgehead atoms. The predicted octanol–water partition coefficient (Wildman–Crippen LogP) is 0.497. The third kappa shape index (κ3) is 13.8. The summed E-state index contributed by atoms with van der Waals surface area (Å²) < 4.78 is 0. The van der Waals surface area contributed by atoms with E-state index in [-0.39, 0.29) is 5.57 Å². The van der Waals surface area contributed by atoms with E-state index in [0.717, 1.165) is 0 Å². The van der Waals surface area contributed by atoms with E-state index in [4.69, 9.17) is 16.6 Å². The fourth-order valence-corrected chi connectivity index (χ4v) is 0.383. The van der Waals surface area contributed by atoms with Gasteiger partial charge in [-0.1, -0.05) is 12.7 Å². The van der Waals surface area contributed by atoms with Crippen LogP contribution in [0.4, 0.5) is 0 Å². The molecule has 0 fully saturated rings. The number of carboxylic acids is 1. The zero-order valence-electron chi connectivity index (χ0n) is 7.83. The smallest absolute Gasteiger partial charge is 0.330 e. The molecule has 0 aliphatic rings. The average Bonchev–Trinajstić information content (AvgIpc) is 2.14. The summed E-state index contributed by atoms with van der Waals surface area (Å²) in [5, 5.41) is 8.27. The van der Waals surface area contributed by atoms with Crippen molar-refractivity contribution in [3.05, 3.63) is 24.8 Å². The highest BCUT2D eigenvalue weighted by Gasteiger charge is 1.99. The van der Waals surface area contributed by atoms with Crippen molar-refractivity contribution in [2.24, 2.45) is 11.5 Å². The van der Waals surface area contributed by atoms with Crippen LogP contribution >= 0.6 is 0 Å². The fourth-order valence-electron chi connectivity index (χ4n) is 0.383. The molecule has 0 atom stereocenters. The zero-order chi connectivity index (χ0) is 10.7. The summed E-state index contributed by atoms with van der Waals surface area (Å²) in [6, 6.07) is 0. The lowest BCUT2D eigenvalue weighted by atomic mass is 10.2. The van der Waals surface area contributed by atoms with E-state index in [2.05, 4.69) is 13.2 Å². The molecule has 0 unspecified atom stereocenters. The molecule has 0 rings (SSSR count). The maximum absolute atomic E-state index is 10.1. The lowest BCUT2D eigenvalue weighted by Crippen LogP contribution is -2.11. The largest absolute Gasteiger partial charge is 0.478 e. The van der Waals surface area contributed by atoms with Crippen molar-refractivity contribution in [2.75, 3.05) is 13.1 Å². The Balaban J connectivity index is 0. The molecule has 4 nitrogen and oxygen atoms in total. The van der Waals surface area contributed by atoms with Gasteiger partial charge in [0.15, 0.2) is 0 Å². The normalized spacial score (nSPS) is 8.15. The van der Waals surface area contributed by atoms with Crippen LogP contribution in [0.5, 0.6) is 0 Å². The Kier molecular flexibility index (Phi) is 12.0. The van der Waals surface area contributed by atoms with E-state index in [0.29, 0.717) is 25.9 Å². The van der Waals surface area contributed by atoms with Gasteiger partial charge in [0.25, 0.3) is 0 Å². The van der Waals surface area contributed by atoms with Gasteiger partial charge >= 0.3 is 5.97 Å². The Morgan fingerprint density at radius 3 is 2.08 bits per heavy atom. The number of rotatable bonds is 5. The van der Waals surface area contributed by atoms with Crippen molar-refractivity contribution in [1.82, 2.24) is 0 Å². The molecule has 0 aromatic rings. The molecule has 0 aromatic carbocycles. The van der Waals surface area contributed by atoms with Crippen LogP contribution in [0.25, 0.3) is 0 Å². The summed E-state index contributed by atoms with van der Waals surface area (Å²) in [6.45, 7) is 8.00. The van der Waals surface area contributed by atoms with Crippen molar-refractivity contribution in [3.8, 4) is 0 Å². The van der Waals surface area contributed by atoms with Gasteiger partial charge in [-0.3, -0.25) is 0 Å². The predicted molar refractivity (Wildman–Crippen MR) is 54.3 cm³/mol. The molecule has 5 N–H and O–H groups in total. The van der Waals surface area contributed by atoms with E-state index >= 15 is 0 Å². The second kappa shape index (κ2) is 10.9. The monoisotopic (exact) mass is 186 g/mol. The van der Waals surface area contributed by atoms with Crippen molar-refractivity contribution in [3.63, 3.8) is 0 Å². The van der Waals surface area contributed by atoms with Crippen LogP contribution in [0.3, 0.4) is 0 Å². The molecule has 13 heavy (non-hydrogen) atoms. The number of hydrogen-bond acceptors (Lipinski definition) is 3. The third-order valence-corrected chi connectivity index (χ3v) is 1.12. The Labute approximate surface area is 78.9 Å². The van der Waals surface area contributed by atoms with E-state index in [1.165, 1.54) is 0 Å². The molecule has 0 aliphatic heterocycles. The van der Waals surface area contributed by atoms with E-state index in [9.17, 15) is 4.79 Å². The Morgan fingerprint density at radius 2 is 1.85 bits per heavy atom. The van der Waals surface area contributed by atoms with Gasteiger partial charge in [0, 0.05) is 18.7 Å². The quantitative estimate of drug-likeness (QED) is 0.431. The van der Waals surface area contributed by atoms with Crippen LogP contribution in [-0.2, 0) is 4.79 Å². The summed E-state index contributed by atoms with van der Waals surface area (Å²) in [7, 11) is 0. The highest BCUT2D eigenvalue weighted by atomic mass is 16.4. The summed E-state index contributed by atoms with van der Waals surface area (Å²) in [4.78, 5) is 10.1. The molecule has 0 heterocycles. The molecule has 0 aromatic heterocycles. The molecule has 0 aliphatic carbocycles. The number of nitrogens with two attached hydrogens (primary N) is 2. The van der Waals surface area contributed by atoms with Crippen molar-refractivity contribution >= 4 is 5.97 Å². The summed E-state index contributed by atoms with van der Waals surface area (Å²) in [5.74, 6) is -0.920. The molecule has 0 spiro atoms. The second-order valence-corrected chi connectivity index (χ2v) is 2.31. The third-order valence-electron chi connectivity index (χ3n) is 1.12. The standard InChI is InChI=1S/C7H10O2.C2H8N2/c1-3-4-5-6(2)7(8)9;3-1-2-4/h3H,1-2,4-5H2,(H,8,9);1-4H2. The number of carbonyl (C=O) groups is 1. The highest BCUT2D eigenvalue weighted by Crippen LogP contribution is 2.01. The molecular formula is C9H18N2O2. The van der Waals surface area contributed by atoms with Crippen LogP contribution in [0.1, 0.15) is 12.8 Å². The minimum absolute atomic E-state index is 0.245. The number of hydrogen-bond donors (Lipinski definition) is 3. The van der Waals surface area contributed by atoms with E-state index < -0.39 is 5.97 Å². The highest BCUT2D eigenvalue weighted by molar-refractivity contribution is 5.85. The molecule has 0 amide bonds. The van der Waals surface area contributed by atoms with Gasteiger partial charge in [0.1, 0.15) is 0 Å². The fraction of sp³-hybridized carbons (Fsp3) is 0.444. The zero-order valence-corrected chi connectivity index (χ0v) is 7.83. The van der Waals surface area contributed by atoms with Crippen LogP contribution in [0.2, 0.25) is 0 Å². The first-order valence-corrected chi connectivity index (χ1v) is 4.02. The lowest BCUT2D eigenvalue weighted by Gasteiger charge is -1.93. The Hall–Kier alpha value is -1.13. The molecule has 76 valence electrons. The first kappa shape index (κ1) is 14.4. The van der Waals surface area contributed by atoms with Crippen molar-refractivity contribution in [1.29, 1.82) is 0 Å². The Morgan fingerprint density at radius 1 is 1.38 bits per heavy atom. The first-order valence-electron chi connectivity index (χ1n) is 4.02. The molecule has 0 saturated carbocycles. The summed E-state index contributed by atoms with van der Waals surface area (Å²) >= 11 is 0. The van der Waals surface area contributed by atoms with Crippen LogP contribution in [-0.4, -0.2) is 24.2 Å². The van der Waals surface area contributed by atoms with Gasteiger partial charge in [-0.15, -0.1) is 6.58 Å². The first-order chi connectivity index (χ1) is 6.09.